The van der Waals surface area contributed by atoms with Crippen molar-refractivity contribution in [3.63, 3.8) is 0 Å². The van der Waals surface area contributed by atoms with Gasteiger partial charge in [0.2, 0.25) is 5.78 Å². The first-order valence-electron chi connectivity index (χ1n) is 6.54. The molecule has 0 aliphatic carbocycles. The Kier molecular flexibility index (Phi) is 21.7. The van der Waals surface area contributed by atoms with Crippen molar-refractivity contribution in [3.05, 3.63) is 0 Å². The number of aliphatic hydroxyl groups excluding tert-OH is 1. The van der Waals surface area contributed by atoms with E-state index in [1.807, 2.05) is 0 Å². The maximum atomic E-state index is 9.72. The number of carboxylic acid groups (broad SMARTS) is 6. The van der Waals surface area contributed by atoms with Gasteiger partial charge >= 0.3 is 29.8 Å². The van der Waals surface area contributed by atoms with Gasteiger partial charge in [-0.2, -0.15) is 0 Å². The van der Waals surface area contributed by atoms with Gasteiger partial charge in [0.15, 0.2) is 6.10 Å². The van der Waals surface area contributed by atoms with E-state index < -0.39 is 54.1 Å². The maximum Gasteiger partial charge on any atom is 0.371 e. The van der Waals surface area contributed by atoms with Crippen molar-refractivity contribution >= 4 is 41.6 Å². The predicted octanol–water partition coefficient (Wildman–Crippen LogP) is -1.41. The lowest BCUT2D eigenvalue weighted by atomic mass is 10.3. The van der Waals surface area contributed by atoms with E-state index in [4.69, 9.17) is 40.5 Å². The van der Waals surface area contributed by atoms with Crippen LogP contribution >= 0.6 is 0 Å². The average molecular weight is 400 g/mol. The van der Waals surface area contributed by atoms with Gasteiger partial charge in [0.05, 0.1) is 19.3 Å². The summed E-state index contributed by atoms with van der Waals surface area (Å²) in [7, 11) is 0. The fourth-order valence-corrected chi connectivity index (χ4v) is 0.467. The number of carboxylic acids is 6. The second-order valence-electron chi connectivity index (χ2n) is 4.12. The molecule has 0 bridgehead atoms. The van der Waals surface area contributed by atoms with Crippen molar-refractivity contribution in [3.8, 4) is 0 Å². The Hall–Kier alpha value is -3.55. The molecule has 0 saturated heterocycles. The predicted molar refractivity (Wildman–Crippen MR) is 82.0 cm³/mol. The van der Waals surface area contributed by atoms with E-state index in [1.165, 1.54) is 0 Å². The van der Waals surface area contributed by atoms with Crippen LogP contribution in [-0.2, 0) is 33.6 Å². The fraction of sp³-hybridized carbons (Fsp3) is 0.462. The van der Waals surface area contributed by atoms with Crippen molar-refractivity contribution in [2.45, 2.75) is 39.2 Å². The zero-order valence-electron chi connectivity index (χ0n) is 14.2. The minimum atomic E-state index is -1.79. The number of aliphatic carboxylic acids is 6. The van der Waals surface area contributed by atoms with Crippen molar-refractivity contribution in [1.29, 1.82) is 0 Å². The first kappa shape index (κ1) is 31.2. The van der Waals surface area contributed by atoms with E-state index in [2.05, 4.69) is 0 Å². The third kappa shape index (κ3) is 51.9. The second-order valence-corrected chi connectivity index (χ2v) is 4.12. The number of Topliss-reactive ketones (excluding diaryl/α,β-unsaturated/α-hetero) is 1. The smallest absolute Gasteiger partial charge is 0.371 e. The number of aliphatic hydroxyl groups is 1. The molecule has 0 rings (SSSR count). The van der Waals surface area contributed by atoms with Crippen LogP contribution in [-0.4, -0.2) is 83.4 Å². The van der Waals surface area contributed by atoms with E-state index >= 15 is 0 Å². The Morgan fingerprint density at radius 2 is 0.926 bits per heavy atom. The van der Waals surface area contributed by atoms with Gasteiger partial charge in [-0.1, -0.05) is 0 Å². The molecule has 1 unspecified atom stereocenters. The van der Waals surface area contributed by atoms with E-state index in [0.29, 0.717) is 0 Å². The highest BCUT2D eigenvalue weighted by molar-refractivity contribution is 6.31. The average Bonchev–Trinajstić information content (AvgIpc) is 2.44. The van der Waals surface area contributed by atoms with Crippen LogP contribution in [0.25, 0.3) is 0 Å². The van der Waals surface area contributed by atoms with Gasteiger partial charge in [0, 0.05) is 13.8 Å². The van der Waals surface area contributed by atoms with Crippen LogP contribution in [0.4, 0.5) is 0 Å². The summed E-state index contributed by atoms with van der Waals surface area (Å²) in [6.45, 7) is 2.09. The number of rotatable bonds is 7. The van der Waals surface area contributed by atoms with Gasteiger partial charge in [0.25, 0.3) is 5.97 Å². The monoisotopic (exact) mass is 400 g/mol. The molecular formula is C13H20O14. The Balaban J connectivity index is -0.000000136. The van der Waals surface area contributed by atoms with Crippen LogP contribution in [0, 0.1) is 0 Å². The summed E-state index contributed by atoms with van der Waals surface area (Å²) < 4.78 is 0. The molecule has 0 amide bonds. The Bertz CT molecular complexity index is 505. The third-order valence-corrected chi connectivity index (χ3v) is 1.51. The van der Waals surface area contributed by atoms with Gasteiger partial charge in [-0.15, -0.1) is 0 Å². The van der Waals surface area contributed by atoms with E-state index in [1.54, 1.807) is 0 Å². The number of hydrogen-bond donors (Lipinski definition) is 7. The summed E-state index contributed by atoms with van der Waals surface area (Å²) in [5, 5.41) is 55.0. The highest BCUT2D eigenvalue weighted by Gasteiger charge is 2.16. The highest BCUT2D eigenvalue weighted by Crippen LogP contribution is 1.89. The maximum absolute atomic E-state index is 9.72. The van der Waals surface area contributed by atoms with Crippen LogP contribution in [0.5, 0.6) is 0 Å². The summed E-state index contributed by atoms with van der Waals surface area (Å²) in [5.41, 5.74) is 0. The molecule has 7 N–H and O–H groups in total. The van der Waals surface area contributed by atoms with Gasteiger partial charge in [0.1, 0.15) is 0 Å². The minimum absolute atomic E-state index is 0.296. The number of hydrogen-bond acceptors (Lipinski definition) is 8. The van der Waals surface area contributed by atoms with Crippen LogP contribution < -0.4 is 0 Å². The molecule has 0 aliphatic heterocycles. The van der Waals surface area contributed by atoms with E-state index in [9.17, 15) is 28.8 Å². The van der Waals surface area contributed by atoms with E-state index in [-0.39, 0.29) is 12.8 Å². The van der Waals surface area contributed by atoms with Gasteiger partial charge in [-0.25, -0.2) is 9.59 Å². The number of carbonyl (C=O) groups excluding carboxylic acids is 1. The zero-order valence-corrected chi connectivity index (χ0v) is 14.2. The summed E-state index contributed by atoms with van der Waals surface area (Å²) in [4.78, 5) is 66.6. The molecule has 27 heavy (non-hydrogen) atoms. The van der Waals surface area contributed by atoms with Crippen molar-refractivity contribution in [2.24, 2.45) is 0 Å². The molecular weight excluding hydrogens is 380 g/mol. The molecule has 0 aromatic heterocycles. The fourth-order valence-electron chi connectivity index (χ4n) is 0.467. The summed E-state index contributed by atoms with van der Waals surface area (Å²) >= 11 is 0. The summed E-state index contributed by atoms with van der Waals surface area (Å²) in [6.07, 6.45) is -3.14. The van der Waals surface area contributed by atoms with Crippen LogP contribution in [0.1, 0.15) is 33.1 Å². The first-order valence-corrected chi connectivity index (χ1v) is 6.54. The Labute approximate surface area is 151 Å². The molecule has 156 valence electrons. The molecule has 14 heteroatoms. The van der Waals surface area contributed by atoms with Gasteiger partial charge < -0.3 is 35.7 Å². The van der Waals surface area contributed by atoms with E-state index in [0.717, 1.165) is 13.8 Å². The molecule has 0 aromatic rings. The lowest BCUT2D eigenvalue weighted by Crippen LogP contribution is -2.22. The van der Waals surface area contributed by atoms with Crippen molar-refractivity contribution in [2.75, 3.05) is 0 Å². The standard InChI is InChI=1S/C4H6O5.C4H6O4.C3H4O3.C2H4O2/c5-2(4(8)9)1-3(6)7;5-3(6)1-2-4(7)8;1-2(4)3(5)6;1-2(3)4/h2,5H,1H2,(H,6,7)(H,8,9);1-2H2,(H,5,6)(H,7,8);1H3,(H,5,6);1H3,(H,3,4). The molecule has 0 radical (unpaired) electrons. The second kappa shape index (κ2) is 18.8. The van der Waals surface area contributed by atoms with Crippen LogP contribution in [0.15, 0.2) is 0 Å². The Morgan fingerprint density at radius 3 is 1.00 bits per heavy atom. The topological polar surface area (TPSA) is 261 Å². The molecule has 0 fully saturated rings. The lowest BCUT2D eigenvalue weighted by molar-refractivity contribution is -0.152. The van der Waals surface area contributed by atoms with Gasteiger partial charge in [-0.05, 0) is 0 Å². The van der Waals surface area contributed by atoms with Crippen LogP contribution in [0.2, 0.25) is 0 Å². The highest BCUT2D eigenvalue weighted by atomic mass is 16.4. The molecule has 0 aromatic carbocycles. The number of ketones is 1. The largest absolute Gasteiger partial charge is 0.481 e. The summed E-state index contributed by atoms with van der Waals surface area (Å²) in [6, 6.07) is 0. The molecule has 0 spiro atoms. The normalized spacial score (nSPS) is 9.30. The summed E-state index contributed by atoms with van der Waals surface area (Å²) in [5.74, 6) is -8.04. The zero-order chi connectivity index (χ0) is 22.7. The third-order valence-electron chi connectivity index (χ3n) is 1.51. The molecule has 1 atom stereocenters. The molecule has 14 nitrogen and oxygen atoms in total. The molecule has 0 saturated carbocycles. The van der Waals surface area contributed by atoms with Gasteiger partial charge in [-0.3, -0.25) is 24.0 Å². The SMILES string of the molecule is CC(=O)C(=O)O.CC(=O)O.O=C(O)CC(O)C(=O)O.O=C(O)CCC(=O)O. The van der Waals surface area contributed by atoms with Crippen LogP contribution in [0.3, 0.4) is 0 Å². The van der Waals surface area contributed by atoms with Crippen molar-refractivity contribution in [1.82, 2.24) is 0 Å². The Morgan fingerprint density at radius 1 is 0.667 bits per heavy atom. The number of carbonyl (C=O) groups is 7. The molecule has 0 aliphatic rings. The first-order chi connectivity index (χ1) is 12.0. The quantitative estimate of drug-likeness (QED) is 0.242. The lowest BCUT2D eigenvalue weighted by Gasteiger charge is -1.97. The van der Waals surface area contributed by atoms with Crippen molar-refractivity contribution < 1.29 is 69.3 Å². The minimum Gasteiger partial charge on any atom is -0.481 e. The molecule has 0 heterocycles.